The maximum Gasteiger partial charge on any atom is 0.495 e. The molecule has 6 aromatic rings. The van der Waals surface area contributed by atoms with Crippen molar-refractivity contribution in [3.63, 3.8) is 0 Å². The minimum absolute atomic E-state index is 0.137. The summed E-state index contributed by atoms with van der Waals surface area (Å²) in [6.07, 6.45) is 8.67. The van der Waals surface area contributed by atoms with Gasteiger partial charge in [0.2, 0.25) is 11.8 Å². The Bertz CT molecular complexity index is 2580. The first-order chi connectivity index (χ1) is 32.2. The summed E-state index contributed by atoms with van der Waals surface area (Å²) in [5, 5.41) is 6.21. The van der Waals surface area contributed by atoms with Crippen LogP contribution in [0.4, 0.5) is 5.69 Å². The molecule has 0 radical (unpaired) electrons. The zero-order valence-electron chi connectivity index (χ0n) is 41.1. The molecule has 2 saturated heterocycles. The van der Waals surface area contributed by atoms with Gasteiger partial charge in [-0.25, -0.2) is 0 Å². The smallest absolute Gasteiger partial charge is 0.490 e. The summed E-state index contributed by atoms with van der Waals surface area (Å²) in [6, 6.07) is 37.2. The molecule has 0 bridgehead atoms. The number of para-hydroxylation sites is 1. The number of anilines is 1. The van der Waals surface area contributed by atoms with Crippen molar-refractivity contribution in [2.45, 2.75) is 129 Å². The van der Waals surface area contributed by atoms with Crippen LogP contribution < -0.4 is 24.6 Å². The van der Waals surface area contributed by atoms with Crippen molar-refractivity contribution >= 4 is 29.2 Å². The Morgan fingerprint density at radius 2 is 1.37 bits per heavy atom. The van der Waals surface area contributed by atoms with Crippen LogP contribution in [-0.4, -0.2) is 75.8 Å². The molecule has 0 spiro atoms. The van der Waals surface area contributed by atoms with E-state index in [0.29, 0.717) is 25.0 Å². The molecule has 1 aliphatic carbocycles. The number of aromatic nitrogens is 3. The molecule has 0 N–H and O–H groups in total. The van der Waals surface area contributed by atoms with Gasteiger partial charge in [-0.15, -0.1) is 0 Å². The van der Waals surface area contributed by atoms with E-state index in [1.807, 2.05) is 60.3 Å². The maximum atomic E-state index is 6.68. The van der Waals surface area contributed by atoms with Gasteiger partial charge in [-0.2, -0.15) is 10.1 Å². The molecule has 4 heterocycles. The van der Waals surface area contributed by atoms with E-state index >= 15 is 0 Å². The average molecular weight is 904 g/mol. The third-order valence-electron chi connectivity index (χ3n) is 15.2. The Hall–Kier alpha value is -5.36. The Balaban J connectivity index is 0.789. The summed E-state index contributed by atoms with van der Waals surface area (Å²) in [7, 11) is 1.67. The van der Waals surface area contributed by atoms with Crippen LogP contribution in [0.15, 0.2) is 109 Å². The van der Waals surface area contributed by atoms with Crippen LogP contribution in [0.3, 0.4) is 0 Å². The largest absolute Gasteiger partial charge is 0.495 e. The van der Waals surface area contributed by atoms with Crippen LogP contribution in [0.5, 0.6) is 17.5 Å². The summed E-state index contributed by atoms with van der Waals surface area (Å²) >= 11 is 0. The van der Waals surface area contributed by atoms with Gasteiger partial charge in [0.1, 0.15) is 24.7 Å². The molecule has 3 aliphatic rings. The molecule has 9 rings (SSSR count). The molecule has 2 aliphatic heterocycles. The third-order valence-corrected chi connectivity index (χ3v) is 15.2. The van der Waals surface area contributed by atoms with E-state index in [1.165, 1.54) is 37.8 Å². The first kappa shape index (κ1) is 46.7. The number of pyridine rings is 1. The fourth-order valence-corrected chi connectivity index (χ4v) is 10.3. The average Bonchev–Trinajstić information content (AvgIpc) is 3.78. The number of hydrogen-bond acceptors (Lipinski definition) is 9. The Morgan fingerprint density at radius 1 is 0.731 bits per heavy atom. The van der Waals surface area contributed by atoms with Crippen LogP contribution >= 0.6 is 0 Å². The van der Waals surface area contributed by atoms with E-state index in [0.717, 1.165) is 95.0 Å². The van der Waals surface area contributed by atoms with Crippen LogP contribution in [0.2, 0.25) is 0 Å². The predicted molar refractivity (Wildman–Crippen MR) is 270 cm³/mol. The number of fused-ring (bicyclic) bond motifs is 1. The lowest BCUT2D eigenvalue weighted by atomic mass is 9.76. The molecule has 0 atom stereocenters. The minimum Gasteiger partial charge on any atom is -0.490 e. The van der Waals surface area contributed by atoms with Gasteiger partial charge in [-0.05, 0) is 127 Å². The second-order valence-corrected chi connectivity index (χ2v) is 20.7. The highest BCUT2D eigenvalue weighted by molar-refractivity contribution is 6.62. The topological polar surface area (TPSA) is 83.3 Å². The first-order valence-corrected chi connectivity index (χ1v) is 24.7. The van der Waals surface area contributed by atoms with Crippen molar-refractivity contribution in [2.75, 3.05) is 31.1 Å². The van der Waals surface area contributed by atoms with Crippen LogP contribution in [0, 0.1) is 12.8 Å². The molecule has 4 aromatic carbocycles. The number of rotatable bonds is 16. The number of aryl methyl sites for hydroxylation is 1. The van der Waals surface area contributed by atoms with Gasteiger partial charge in [0.05, 0.1) is 34.1 Å². The summed E-state index contributed by atoms with van der Waals surface area (Å²) in [4.78, 5) is 10.2. The summed E-state index contributed by atoms with van der Waals surface area (Å²) in [5.74, 6) is 2.74. The van der Waals surface area contributed by atoms with E-state index in [2.05, 4.69) is 119 Å². The van der Waals surface area contributed by atoms with E-state index in [-0.39, 0.29) is 30.0 Å². The fraction of sp³-hybridized carbons (Fsp3) is 0.464. The summed E-state index contributed by atoms with van der Waals surface area (Å²) in [6.45, 7) is 20.2. The Morgan fingerprint density at radius 3 is 2.04 bits per heavy atom. The zero-order valence-corrected chi connectivity index (χ0v) is 41.1. The van der Waals surface area contributed by atoms with Gasteiger partial charge >= 0.3 is 7.12 Å². The highest BCUT2D eigenvalue weighted by Crippen LogP contribution is 2.40. The number of hydrogen-bond donors (Lipinski definition) is 0. The molecule has 352 valence electrons. The lowest BCUT2D eigenvalue weighted by Crippen LogP contribution is -2.54. The van der Waals surface area contributed by atoms with E-state index in [4.69, 9.17) is 33.6 Å². The standard InChI is InChI=1S/C56H70BN5O5/c1-40-47(57-66-55(4,5)56(6,7)67-57)24-16-26-49(40)65-44-29-27-41(28-30-44)22-17-33-54(2,3)62-36-34-61(35-37-62)48-25-15-23-45-51(59-60(8)52(45)48)46-31-32-50(63-38-42-18-11-9-12-19-42)58-53(46)64-39-43-20-13-10-14-21-43/h9-16,18-21,23-26,31-32,41,44H,17,22,27-30,33-39H2,1-8H3. The maximum absolute atomic E-state index is 6.68. The third kappa shape index (κ3) is 10.4. The zero-order chi connectivity index (χ0) is 46.8. The molecular weight excluding hydrogens is 833 g/mol. The normalized spacial score (nSPS) is 19.8. The number of nitrogens with zero attached hydrogens (tertiary/aromatic N) is 5. The highest BCUT2D eigenvalue weighted by Gasteiger charge is 2.52. The lowest BCUT2D eigenvalue weighted by Gasteiger charge is -2.45. The summed E-state index contributed by atoms with van der Waals surface area (Å²) < 4.78 is 34.1. The second-order valence-electron chi connectivity index (χ2n) is 20.7. The lowest BCUT2D eigenvalue weighted by molar-refractivity contribution is 0.00578. The molecule has 67 heavy (non-hydrogen) atoms. The number of piperazine rings is 1. The number of ether oxygens (including phenoxy) is 3. The molecule has 3 fully saturated rings. The molecule has 11 heteroatoms. The van der Waals surface area contributed by atoms with Gasteiger partial charge in [-0.3, -0.25) is 9.58 Å². The molecule has 0 amide bonds. The van der Waals surface area contributed by atoms with Gasteiger partial charge in [0, 0.05) is 50.2 Å². The van der Waals surface area contributed by atoms with Crippen molar-refractivity contribution in [3.8, 4) is 28.8 Å². The van der Waals surface area contributed by atoms with Gasteiger partial charge in [0.25, 0.3) is 0 Å². The van der Waals surface area contributed by atoms with Crippen LogP contribution in [0.1, 0.15) is 103 Å². The highest BCUT2D eigenvalue weighted by atomic mass is 16.7. The van der Waals surface area contributed by atoms with Crippen LogP contribution in [0.25, 0.3) is 22.2 Å². The van der Waals surface area contributed by atoms with Gasteiger partial charge < -0.3 is 28.4 Å². The SMILES string of the molecule is Cc1c(OC2CCC(CCCC(C)(C)N3CCN(c4cccc5c(-c6ccc(OCc7ccccc7)nc6OCc6ccccc6)nn(C)c45)CC3)CC2)cccc1B1OC(C)(C)C(C)(C)O1. The first-order valence-electron chi connectivity index (χ1n) is 24.7. The minimum atomic E-state index is -0.380. The van der Waals surface area contributed by atoms with Crippen molar-refractivity contribution < 1.29 is 23.5 Å². The Kier molecular flexibility index (Phi) is 13.7. The molecule has 10 nitrogen and oxygen atoms in total. The second kappa shape index (κ2) is 19.7. The molecule has 1 saturated carbocycles. The fourth-order valence-electron chi connectivity index (χ4n) is 10.3. The molecule has 2 aromatic heterocycles. The van der Waals surface area contributed by atoms with Gasteiger partial charge in [-0.1, -0.05) is 97.8 Å². The van der Waals surface area contributed by atoms with Crippen molar-refractivity contribution in [3.05, 3.63) is 126 Å². The van der Waals surface area contributed by atoms with Crippen LogP contribution in [-0.2, 0) is 29.6 Å². The van der Waals surface area contributed by atoms with Gasteiger partial charge in [0.15, 0.2) is 0 Å². The molecule has 0 unspecified atom stereocenters. The van der Waals surface area contributed by atoms with E-state index < -0.39 is 0 Å². The predicted octanol–water partition coefficient (Wildman–Crippen LogP) is 11.1. The van der Waals surface area contributed by atoms with Crippen molar-refractivity contribution in [2.24, 2.45) is 13.0 Å². The monoisotopic (exact) mass is 904 g/mol. The molecular formula is C56H70BN5O5. The van der Waals surface area contributed by atoms with Crippen molar-refractivity contribution in [1.82, 2.24) is 19.7 Å². The summed E-state index contributed by atoms with van der Waals surface area (Å²) in [5.41, 5.74) is 7.76. The van der Waals surface area contributed by atoms with Crippen molar-refractivity contribution in [1.29, 1.82) is 0 Å². The van der Waals surface area contributed by atoms with E-state index in [1.54, 1.807) is 0 Å². The number of benzene rings is 4. The quantitative estimate of drug-likeness (QED) is 0.0882. The van der Waals surface area contributed by atoms with E-state index in [9.17, 15) is 0 Å². The Labute approximate surface area is 399 Å².